The molecule has 1 amide bonds. The number of ether oxygens (including phenoxy) is 1. The number of rotatable bonds is 8. The lowest BCUT2D eigenvalue weighted by atomic mass is 9.83. The summed E-state index contributed by atoms with van der Waals surface area (Å²) in [6.07, 6.45) is 7.68. The number of carbonyl (C=O) groups is 1. The summed E-state index contributed by atoms with van der Waals surface area (Å²) >= 11 is 4.72. The molecule has 1 aliphatic carbocycles. The van der Waals surface area contributed by atoms with E-state index in [4.69, 9.17) is 27.3 Å². The molecule has 1 aromatic heterocycles. The Balaban J connectivity index is 1.42. The molecule has 0 bridgehead atoms. The summed E-state index contributed by atoms with van der Waals surface area (Å²) in [4.78, 5) is 29.8. The summed E-state index contributed by atoms with van der Waals surface area (Å²) in [5.74, 6) is 1.24. The molecule has 1 aromatic carbocycles. The number of anilines is 1. The predicted octanol–water partition coefficient (Wildman–Crippen LogP) is 4.01. The van der Waals surface area contributed by atoms with Crippen molar-refractivity contribution in [3.63, 3.8) is 0 Å². The number of likely N-dealkylation sites (tertiary alicyclic amines) is 1. The second kappa shape index (κ2) is 12.6. The summed E-state index contributed by atoms with van der Waals surface area (Å²) in [7, 11) is 2.14. The number of thiol groups is 1. The fourth-order valence-electron chi connectivity index (χ4n) is 6.43. The minimum atomic E-state index is -0.210. The van der Waals surface area contributed by atoms with Crippen LogP contribution >= 0.6 is 12.6 Å². The number of nitriles is 1. The molecule has 0 spiro atoms. The van der Waals surface area contributed by atoms with Crippen LogP contribution in [0.4, 0.5) is 5.82 Å². The molecule has 3 heterocycles. The molecule has 2 aliphatic heterocycles. The van der Waals surface area contributed by atoms with Gasteiger partial charge in [0.05, 0.1) is 24.2 Å². The van der Waals surface area contributed by atoms with E-state index in [9.17, 15) is 10.1 Å². The third-order valence-corrected chi connectivity index (χ3v) is 9.16. The Hall–Kier alpha value is -3.09. The van der Waals surface area contributed by atoms with Crippen molar-refractivity contribution in [2.45, 2.75) is 68.8 Å². The predicted molar refractivity (Wildman–Crippen MR) is 159 cm³/mol. The summed E-state index contributed by atoms with van der Waals surface area (Å²) in [6, 6.07) is 9.30. The maximum Gasteiger partial charge on any atom is 0.318 e. The van der Waals surface area contributed by atoms with Crippen LogP contribution in [0.3, 0.4) is 0 Å². The molecule has 2 saturated heterocycles. The van der Waals surface area contributed by atoms with Crippen LogP contribution in [0.1, 0.15) is 48.1 Å². The van der Waals surface area contributed by atoms with E-state index in [0.717, 1.165) is 55.1 Å². The van der Waals surface area contributed by atoms with Crippen LogP contribution in [-0.4, -0.2) is 77.6 Å². The van der Waals surface area contributed by atoms with Gasteiger partial charge in [0.25, 0.3) is 0 Å². The van der Waals surface area contributed by atoms with Crippen LogP contribution in [-0.2, 0) is 24.1 Å². The normalized spacial score (nSPS) is 23.0. The molecule has 8 nitrogen and oxygen atoms in total. The molecular weight excluding hydrogens is 520 g/mol. The Morgan fingerprint density at radius 1 is 1.25 bits per heavy atom. The van der Waals surface area contributed by atoms with Gasteiger partial charge in [-0.3, -0.25) is 4.79 Å². The van der Waals surface area contributed by atoms with Gasteiger partial charge in [0.1, 0.15) is 12.4 Å². The Morgan fingerprint density at radius 2 is 2.10 bits per heavy atom. The van der Waals surface area contributed by atoms with Crippen molar-refractivity contribution in [2.75, 3.05) is 44.7 Å². The average molecular weight is 561 g/mol. The van der Waals surface area contributed by atoms with Gasteiger partial charge in [-0.1, -0.05) is 24.3 Å². The molecule has 2 aromatic rings. The van der Waals surface area contributed by atoms with Gasteiger partial charge in [0.15, 0.2) is 0 Å². The first-order chi connectivity index (χ1) is 19.4. The first-order valence-electron chi connectivity index (χ1n) is 14.4. The lowest BCUT2D eigenvalue weighted by molar-refractivity contribution is -0.128. The highest BCUT2D eigenvalue weighted by molar-refractivity contribution is 7.80. The van der Waals surface area contributed by atoms with Crippen molar-refractivity contribution in [2.24, 2.45) is 5.92 Å². The van der Waals surface area contributed by atoms with Crippen molar-refractivity contribution in [3.05, 3.63) is 53.2 Å². The van der Waals surface area contributed by atoms with Crippen LogP contribution in [0.25, 0.3) is 0 Å². The second-order valence-corrected chi connectivity index (χ2v) is 12.0. The zero-order chi connectivity index (χ0) is 28.2. The Bertz CT molecular complexity index is 1290. The molecule has 212 valence electrons. The van der Waals surface area contributed by atoms with Crippen molar-refractivity contribution in [1.82, 2.24) is 19.8 Å². The minimum absolute atomic E-state index is 0.128. The van der Waals surface area contributed by atoms with Crippen LogP contribution in [0.2, 0.25) is 0 Å². The van der Waals surface area contributed by atoms with E-state index in [1.54, 1.807) is 4.90 Å². The van der Waals surface area contributed by atoms with Crippen LogP contribution in [0.15, 0.2) is 35.7 Å². The lowest BCUT2D eigenvalue weighted by Gasteiger charge is -2.42. The minimum Gasteiger partial charge on any atom is -0.462 e. The van der Waals surface area contributed by atoms with Crippen molar-refractivity contribution < 1.29 is 9.53 Å². The molecule has 2 fully saturated rings. The van der Waals surface area contributed by atoms with Crippen molar-refractivity contribution in [3.8, 4) is 12.1 Å². The molecular formula is C31H40N6O2S. The fourth-order valence-corrected chi connectivity index (χ4v) is 6.66. The number of likely N-dealkylation sites (N-methyl/N-ethyl adjacent to an activating group) is 1. The molecule has 3 aliphatic rings. The van der Waals surface area contributed by atoms with Crippen LogP contribution in [0.5, 0.6) is 6.01 Å². The smallest absolute Gasteiger partial charge is 0.318 e. The van der Waals surface area contributed by atoms with E-state index in [-0.39, 0.29) is 18.4 Å². The third kappa shape index (κ3) is 6.29. The van der Waals surface area contributed by atoms with Crippen molar-refractivity contribution in [1.29, 1.82) is 5.26 Å². The molecule has 2 unspecified atom stereocenters. The summed E-state index contributed by atoms with van der Waals surface area (Å²) < 4.78 is 6.26. The number of fused-ring (bicyclic) bond motifs is 1. The van der Waals surface area contributed by atoms with E-state index in [0.29, 0.717) is 44.2 Å². The van der Waals surface area contributed by atoms with E-state index in [1.165, 1.54) is 29.2 Å². The lowest BCUT2D eigenvalue weighted by Crippen LogP contribution is -2.55. The topological polar surface area (TPSA) is 85.6 Å². The van der Waals surface area contributed by atoms with Gasteiger partial charge < -0.3 is 19.4 Å². The zero-order valence-corrected chi connectivity index (χ0v) is 24.6. The van der Waals surface area contributed by atoms with E-state index < -0.39 is 0 Å². The van der Waals surface area contributed by atoms with Crippen LogP contribution < -0.4 is 9.64 Å². The third-order valence-electron chi connectivity index (χ3n) is 8.72. The average Bonchev–Trinajstić information content (AvgIpc) is 3.37. The highest BCUT2D eigenvalue weighted by atomic mass is 32.1. The second-order valence-electron chi connectivity index (χ2n) is 11.5. The molecule has 0 saturated carbocycles. The maximum atomic E-state index is 12.5. The van der Waals surface area contributed by atoms with Gasteiger partial charge in [-0.25, -0.2) is 0 Å². The van der Waals surface area contributed by atoms with E-state index >= 15 is 0 Å². The van der Waals surface area contributed by atoms with Gasteiger partial charge in [0, 0.05) is 36.1 Å². The van der Waals surface area contributed by atoms with Crippen molar-refractivity contribution >= 4 is 24.4 Å². The molecule has 0 radical (unpaired) electrons. The van der Waals surface area contributed by atoms with Gasteiger partial charge in [-0.05, 0) is 82.7 Å². The number of amides is 1. The fraction of sp³-hybridized carbons (Fsp3) is 0.548. The molecule has 3 atom stereocenters. The standard InChI is InChI=1S/C31H40N6O2S/c1-4-29(38)37-15-14-36(19-24(37)11-12-32)30-26-9-8-22(17-23-16-21(2)7-10-28(23)40)18-27(26)33-31(34-30)39-20-25-6-5-13-35(25)3/h4,7,10,16,22,24-25,40H,1,5-6,8-9,11,13-15,17-20H2,2-3H3/t22-,24?,25?/m0/s1. The highest BCUT2D eigenvalue weighted by Gasteiger charge is 2.34. The van der Waals surface area contributed by atoms with Gasteiger partial charge in [0.2, 0.25) is 5.91 Å². The molecule has 0 N–H and O–H groups in total. The number of benzene rings is 1. The zero-order valence-electron chi connectivity index (χ0n) is 23.7. The number of nitrogens with zero attached hydrogens (tertiary/aromatic N) is 6. The Kier molecular flexibility index (Phi) is 8.97. The number of hydrogen-bond donors (Lipinski definition) is 1. The largest absolute Gasteiger partial charge is 0.462 e. The Labute approximate surface area is 243 Å². The molecule has 9 heteroatoms. The monoisotopic (exact) mass is 560 g/mol. The molecule has 40 heavy (non-hydrogen) atoms. The van der Waals surface area contributed by atoms with Gasteiger partial charge in [-0.15, -0.1) is 12.6 Å². The summed E-state index contributed by atoms with van der Waals surface area (Å²) in [5, 5.41) is 9.48. The highest BCUT2D eigenvalue weighted by Crippen LogP contribution is 2.35. The SMILES string of the molecule is C=CC(=O)N1CCN(c2nc(OCC3CCCN3C)nc3c2CC[C@@H](Cc2cc(C)ccc2S)C3)CC1CC#N. The van der Waals surface area contributed by atoms with E-state index in [1.807, 2.05) is 0 Å². The quantitative estimate of drug-likeness (QED) is 0.386. The summed E-state index contributed by atoms with van der Waals surface area (Å²) in [5.41, 5.74) is 4.78. The number of piperazine rings is 1. The number of aryl methyl sites for hydroxylation is 1. The maximum absolute atomic E-state index is 12.5. The number of aromatic nitrogens is 2. The summed E-state index contributed by atoms with van der Waals surface area (Å²) in [6.45, 7) is 9.16. The van der Waals surface area contributed by atoms with Crippen LogP contribution in [0, 0.1) is 24.2 Å². The number of hydrogen-bond acceptors (Lipinski definition) is 8. The van der Waals surface area contributed by atoms with Gasteiger partial charge in [-0.2, -0.15) is 15.2 Å². The number of carbonyl (C=O) groups excluding carboxylic acids is 1. The first-order valence-corrected chi connectivity index (χ1v) is 14.9. The van der Waals surface area contributed by atoms with E-state index in [2.05, 4.69) is 54.6 Å². The Morgan fingerprint density at radius 3 is 2.85 bits per heavy atom. The first kappa shape index (κ1) is 28.4. The van der Waals surface area contributed by atoms with Gasteiger partial charge >= 0.3 is 6.01 Å². The molecule has 5 rings (SSSR count).